The van der Waals surface area contributed by atoms with Crippen LogP contribution in [0.3, 0.4) is 0 Å². The van der Waals surface area contributed by atoms with Crippen LogP contribution in [0.15, 0.2) is 29.4 Å². The van der Waals surface area contributed by atoms with Crippen molar-refractivity contribution in [3.63, 3.8) is 0 Å². The Labute approximate surface area is 108 Å². The Morgan fingerprint density at radius 3 is 2.89 bits per heavy atom. The lowest BCUT2D eigenvalue weighted by atomic mass is 9.88. The van der Waals surface area contributed by atoms with Gasteiger partial charge in [0.1, 0.15) is 5.84 Å². The Hall–Kier alpha value is -2.15. The summed E-state index contributed by atoms with van der Waals surface area (Å²) in [5.41, 5.74) is 7.10. The van der Waals surface area contributed by atoms with Crippen molar-refractivity contribution in [3.8, 4) is 12.3 Å². The maximum absolute atomic E-state index is 8.68. The number of nitrogens with zero attached hydrogens (tertiary/aromatic N) is 1. The number of anilines is 1. The predicted octanol–water partition coefficient (Wildman–Crippen LogP) is 2.24. The van der Waals surface area contributed by atoms with Gasteiger partial charge < -0.3 is 16.3 Å². The van der Waals surface area contributed by atoms with Gasteiger partial charge in [-0.3, -0.25) is 0 Å². The summed E-state index contributed by atoms with van der Waals surface area (Å²) in [5, 5.41) is 15.0. The first kappa shape index (κ1) is 13.9. The van der Waals surface area contributed by atoms with E-state index in [1.165, 1.54) is 0 Å². The molecular formula is C14H19N3O. The number of rotatable bonds is 5. The Kier molecular flexibility index (Phi) is 4.61. The molecule has 18 heavy (non-hydrogen) atoms. The van der Waals surface area contributed by atoms with Crippen LogP contribution in [0.1, 0.15) is 25.8 Å². The summed E-state index contributed by atoms with van der Waals surface area (Å²) >= 11 is 0. The van der Waals surface area contributed by atoms with Gasteiger partial charge in [0.05, 0.1) is 0 Å². The van der Waals surface area contributed by atoms with Crippen LogP contribution in [0.25, 0.3) is 0 Å². The minimum absolute atomic E-state index is 0.238. The van der Waals surface area contributed by atoms with Crippen molar-refractivity contribution in [2.75, 3.05) is 11.9 Å². The van der Waals surface area contributed by atoms with Crippen molar-refractivity contribution in [3.05, 3.63) is 29.8 Å². The molecule has 1 rings (SSSR count). The lowest BCUT2D eigenvalue weighted by molar-refractivity contribution is 0.306. The largest absolute Gasteiger partial charge is 0.409 e. The van der Waals surface area contributed by atoms with Crippen molar-refractivity contribution in [1.82, 2.24) is 0 Å². The van der Waals surface area contributed by atoms with Crippen molar-refractivity contribution in [2.24, 2.45) is 16.3 Å². The SMILES string of the molecule is C#Cc1cccc(NCCC(C)(C)C(N)=NO)c1. The molecular weight excluding hydrogens is 226 g/mol. The number of benzene rings is 1. The van der Waals surface area contributed by atoms with Gasteiger partial charge in [0.15, 0.2) is 0 Å². The molecule has 4 N–H and O–H groups in total. The molecule has 0 aromatic heterocycles. The van der Waals surface area contributed by atoms with Gasteiger partial charge >= 0.3 is 0 Å². The average molecular weight is 245 g/mol. The van der Waals surface area contributed by atoms with E-state index in [0.717, 1.165) is 24.2 Å². The number of terminal acetylenes is 1. The molecule has 0 fully saturated rings. The normalized spacial score (nSPS) is 11.9. The van der Waals surface area contributed by atoms with Crippen LogP contribution >= 0.6 is 0 Å². The summed E-state index contributed by atoms with van der Waals surface area (Å²) in [4.78, 5) is 0. The predicted molar refractivity (Wildman–Crippen MR) is 74.7 cm³/mol. The highest BCUT2D eigenvalue weighted by Gasteiger charge is 2.22. The summed E-state index contributed by atoms with van der Waals surface area (Å²) in [6, 6.07) is 7.66. The second-order valence-corrected chi connectivity index (χ2v) is 4.77. The number of nitrogens with two attached hydrogens (primary N) is 1. The van der Waals surface area contributed by atoms with Crippen LogP contribution in [-0.2, 0) is 0 Å². The van der Waals surface area contributed by atoms with E-state index in [0.29, 0.717) is 0 Å². The van der Waals surface area contributed by atoms with E-state index in [-0.39, 0.29) is 11.3 Å². The average Bonchev–Trinajstić information content (AvgIpc) is 2.37. The van der Waals surface area contributed by atoms with E-state index >= 15 is 0 Å². The van der Waals surface area contributed by atoms with E-state index in [4.69, 9.17) is 17.4 Å². The molecule has 0 heterocycles. The highest BCUT2D eigenvalue weighted by Crippen LogP contribution is 2.20. The van der Waals surface area contributed by atoms with Crippen LogP contribution in [0.2, 0.25) is 0 Å². The van der Waals surface area contributed by atoms with Crippen molar-refractivity contribution < 1.29 is 5.21 Å². The summed E-state index contributed by atoms with van der Waals surface area (Å²) in [7, 11) is 0. The molecule has 4 nitrogen and oxygen atoms in total. The van der Waals surface area contributed by atoms with Crippen molar-refractivity contribution in [1.29, 1.82) is 0 Å². The zero-order valence-corrected chi connectivity index (χ0v) is 10.8. The molecule has 0 radical (unpaired) electrons. The molecule has 0 saturated carbocycles. The molecule has 4 heteroatoms. The van der Waals surface area contributed by atoms with Gasteiger partial charge in [-0.15, -0.1) is 6.42 Å². The number of amidine groups is 1. The van der Waals surface area contributed by atoms with Crippen molar-refractivity contribution in [2.45, 2.75) is 20.3 Å². The van der Waals surface area contributed by atoms with Gasteiger partial charge in [0, 0.05) is 23.2 Å². The summed E-state index contributed by atoms with van der Waals surface area (Å²) in [6.45, 7) is 4.58. The molecule has 0 amide bonds. The van der Waals surface area contributed by atoms with Crippen LogP contribution in [0, 0.1) is 17.8 Å². The van der Waals surface area contributed by atoms with E-state index in [2.05, 4.69) is 16.4 Å². The maximum atomic E-state index is 8.68. The van der Waals surface area contributed by atoms with Gasteiger partial charge in [-0.1, -0.05) is 31.0 Å². The maximum Gasteiger partial charge on any atom is 0.144 e. The first-order valence-corrected chi connectivity index (χ1v) is 5.78. The fourth-order valence-corrected chi connectivity index (χ4v) is 1.50. The van der Waals surface area contributed by atoms with Crippen LogP contribution in [-0.4, -0.2) is 17.6 Å². The number of oxime groups is 1. The van der Waals surface area contributed by atoms with Gasteiger partial charge in [-0.2, -0.15) is 0 Å². The third-order valence-corrected chi connectivity index (χ3v) is 2.91. The van der Waals surface area contributed by atoms with E-state index < -0.39 is 0 Å². The molecule has 0 aliphatic heterocycles. The third-order valence-electron chi connectivity index (χ3n) is 2.91. The first-order valence-electron chi connectivity index (χ1n) is 5.78. The Morgan fingerprint density at radius 2 is 2.28 bits per heavy atom. The summed E-state index contributed by atoms with van der Waals surface area (Å²) in [6.07, 6.45) is 6.09. The van der Waals surface area contributed by atoms with Gasteiger partial charge in [0.2, 0.25) is 0 Å². The molecule has 0 atom stereocenters. The van der Waals surface area contributed by atoms with Gasteiger partial charge in [0.25, 0.3) is 0 Å². The zero-order chi connectivity index (χ0) is 13.6. The Balaban J connectivity index is 2.54. The zero-order valence-electron chi connectivity index (χ0n) is 10.8. The first-order chi connectivity index (χ1) is 8.49. The fraction of sp³-hybridized carbons (Fsp3) is 0.357. The molecule has 0 unspecified atom stereocenters. The summed E-state index contributed by atoms with van der Waals surface area (Å²) < 4.78 is 0. The lowest BCUT2D eigenvalue weighted by Crippen LogP contribution is -2.33. The number of nitrogens with one attached hydrogen (secondary N) is 1. The van der Waals surface area contributed by atoms with E-state index in [1.54, 1.807) is 0 Å². The standard InChI is InChI=1S/C14H19N3O/c1-4-11-6-5-7-12(10-11)16-9-8-14(2,3)13(15)17-18/h1,5-7,10,16,18H,8-9H2,2-3H3,(H2,15,17). The Morgan fingerprint density at radius 1 is 1.56 bits per heavy atom. The minimum Gasteiger partial charge on any atom is -0.409 e. The number of hydrogen-bond donors (Lipinski definition) is 3. The Bertz CT molecular complexity index is 472. The quantitative estimate of drug-likeness (QED) is 0.245. The summed E-state index contributed by atoms with van der Waals surface area (Å²) in [5.74, 6) is 2.83. The fourth-order valence-electron chi connectivity index (χ4n) is 1.50. The highest BCUT2D eigenvalue weighted by molar-refractivity contribution is 5.85. The smallest absolute Gasteiger partial charge is 0.144 e. The second-order valence-electron chi connectivity index (χ2n) is 4.77. The van der Waals surface area contributed by atoms with Crippen molar-refractivity contribution >= 4 is 11.5 Å². The number of hydrogen-bond acceptors (Lipinski definition) is 3. The van der Waals surface area contributed by atoms with Gasteiger partial charge in [-0.05, 0) is 24.6 Å². The lowest BCUT2D eigenvalue weighted by Gasteiger charge is -2.23. The van der Waals surface area contributed by atoms with E-state index in [9.17, 15) is 0 Å². The molecule has 0 aliphatic carbocycles. The molecule has 0 spiro atoms. The molecule has 1 aromatic carbocycles. The van der Waals surface area contributed by atoms with Crippen LogP contribution in [0.4, 0.5) is 5.69 Å². The molecule has 0 aliphatic rings. The topological polar surface area (TPSA) is 70.6 Å². The van der Waals surface area contributed by atoms with E-state index in [1.807, 2.05) is 38.1 Å². The molecule has 96 valence electrons. The second kappa shape index (κ2) is 5.97. The minimum atomic E-state index is -0.342. The van der Waals surface area contributed by atoms with Gasteiger partial charge in [-0.25, -0.2) is 0 Å². The molecule has 0 saturated heterocycles. The highest BCUT2D eigenvalue weighted by atomic mass is 16.4. The van der Waals surface area contributed by atoms with Crippen LogP contribution < -0.4 is 11.1 Å². The monoisotopic (exact) mass is 245 g/mol. The van der Waals surface area contributed by atoms with Crippen LogP contribution in [0.5, 0.6) is 0 Å². The molecule has 0 bridgehead atoms. The molecule has 1 aromatic rings. The third kappa shape index (κ3) is 3.70.